The van der Waals surface area contributed by atoms with Gasteiger partial charge in [0.2, 0.25) is 0 Å². The highest BCUT2D eigenvalue weighted by molar-refractivity contribution is 6.04. The lowest BCUT2D eigenvalue weighted by Crippen LogP contribution is -2.26. The fraction of sp³-hybridized carbons (Fsp3) is 0.231. The number of ether oxygens (including phenoxy) is 1. The van der Waals surface area contributed by atoms with Crippen LogP contribution in [0.1, 0.15) is 53.1 Å². The molecule has 160 valence electrons. The molecule has 1 unspecified atom stereocenters. The molecule has 0 aliphatic carbocycles. The molecule has 3 aromatic rings. The Morgan fingerprint density at radius 1 is 0.774 bits per heavy atom. The molecule has 0 heterocycles. The van der Waals surface area contributed by atoms with Gasteiger partial charge in [-0.15, -0.1) is 0 Å². The SMILES string of the molecule is CC(C)COc1ccc(C(=O)Nc2ccc(C(=O)NC(C)c3ccccc3)cc2)cc1. The van der Waals surface area contributed by atoms with Gasteiger partial charge in [-0.05, 0) is 66.9 Å². The molecule has 0 saturated heterocycles. The summed E-state index contributed by atoms with van der Waals surface area (Å²) >= 11 is 0. The third-order valence-corrected chi connectivity index (χ3v) is 4.75. The van der Waals surface area contributed by atoms with Gasteiger partial charge >= 0.3 is 0 Å². The molecule has 3 rings (SSSR count). The lowest BCUT2D eigenvalue weighted by Gasteiger charge is -2.14. The van der Waals surface area contributed by atoms with E-state index >= 15 is 0 Å². The van der Waals surface area contributed by atoms with Crippen molar-refractivity contribution in [1.29, 1.82) is 0 Å². The molecule has 3 aromatic carbocycles. The van der Waals surface area contributed by atoms with E-state index in [-0.39, 0.29) is 17.9 Å². The molecule has 5 heteroatoms. The van der Waals surface area contributed by atoms with Crippen LogP contribution >= 0.6 is 0 Å². The quantitative estimate of drug-likeness (QED) is 0.512. The van der Waals surface area contributed by atoms with Crippen LogP contribution in [0, 0.1) is 5.92 Å². The average molecular weight is 417 g/mol. The van der Waals surface area contributed by atoms with Crippen molar-refractivity contribution in [2.45, 2.75) is 26.8 Å². The monoisotopic (exact) mass is 416 g/mol. The van der Waals surface area contributed by atoms with E-state index in [9.17, 15) is 9.59 Å². The van der Waals surface area contributed by atoms with Gasteiger partial charge in [-0.1, -0.05) is 44.2 Å². The topological polar surface area (TPSA) is 67.4 Å². The highest BCUT2D eigenvalue weighted by atomic mass is 16.5. The number of carbonyl (C=O) groups is 2. The average Bonchev–Trinajstić information content (AvgIpc) is 2.79. The van der Waals surface area contributed by atoms with Crippen molar-refractivity contribution < 1.29 is 14.3 Å². The van der Waals surface area contributed by atoms with Gasteiger partial charge in [0.05, 0.1) is 12.6 Å². The molecule has 5 nitrogen and oxygen atoms in total. The molecule has 0 radical (unpaired) electrons. The number of hydrogen-bond donors (Lipinski definition) is 2. The highest BCUT2D eigenvalue weighted by Gasteiger charge is 2.12. The molecular formula is C26H28N2O3. The Balaban J connectivity index is 1.56. The van der Waals surface area contributed by atoms with Crippen molar-refractivity contribution in [1.82, 2.24) is 5.32 Å². The van der Waals surface area contributed by atoms with E-state index in [1.165, 1.54) is 0 Å². The van der Waals surface area contributed by atoms with Crippen LogP contribution in [0.3, 0.4) is 0 Å². The van der Waals surface area contributed by atoms with Gasteiger partial charge in [0.15, 0.2) is 0 Å². The van der Waals surface area contributed by atoms with Crippen molar-refractivity contribution in [3.8, 4) is 5.75 Å². The van der Waals surface area contributed by atoms with Crippen LogP contribution in [-0.2, 0) is 0 Å². The van der Waals surface area contributed by atoms with E-state index in [1.807, 2.05) is 37.3 Å². The predicted octanol–water partition coefficient (Wildman–Crippen LogP) is 5.46. The van der Waals surface area contributed by atoms with Crippen LogP contribution in [0.15, 0.2) is 78.9 Å². The highest BCUT2D eigenvalue weighted by Crippen LogP contribution is 2.17. The number of anilines is 1. The van der Waals surface area contributed by atoms with Crippen molar-refractivity contribution in [2.75, 3.05) is 11.9 Å². The lowest BCUT2D eigenvalue weighted by molar-refractivity contribution is 0.0939. The summed E-state index contributed by atoms with van der Waals surface area (Å²) < 4.78 is 5.64. The largest absolute Gasteiger partial charge is 0.493 e. The van der Waals surface area contributed by atoms with Gasteiger partial charge < -0.3 is 15.4 Å². The zero-order valence-electron chi connectivity index (χ0n) is 18.1. The maximum Gasteiger partial charge on any atom is 0.255 e. The lowest BCUT2D eigenvalue weighted by atomic mass is 10.1. The van der Waals surface area contributed by atoms with E-state index < -0.39 is 0 Å². The maximum absolute atomic E-state index is 12.5. The second-order valence-corrected chi connectivity index (χ2v) is 7.87. The van der Waals surface area contributed by atoms with E-state index in [0.29, 0.717) is 29.3 Å². The number of rotatable bonds is 8. The first kappa shape index (κ1) is 22.1. The number of carbonyl (C=O) groups excluding carboxylic acids is 2. The summed E-state index contributed by atoms with van der Waals surface area (Å²) in [5.41, 5.74) is 2.74. The normalized spacial score (nSPS) is 11.6. The van der Waals surface area contributed by atoms with Gasteiger partial charge in [-0.3, -0.25) is 9.59 Å². The van der Waals surface area contributed by atoms with Crippen molar-refractivity contribution in [3.05, 3.63) is 95.6 Å². The van der Waals surface area contributed by atoms with E-state index in [0.717, 1.165) is 11.3 Å². The van der Waals surface area contributed by atoms with Gasteiger partial charge in [0.25, 0.3) is 11.8 Å². The van der Waals surface area contributed by atoms with E-state index in [4.69, 9.17) is 4.74 Å². The molecule has 0 aliphatic heterocycles. The molecule has 0 spiro atoms. The minimum atomic E-state index is -0.217. The summed E-state index contributed by atoms with van der Waals surface area (Å²) in [6, 6.07) is 23.6. The summed E-state index contributed by atoms with van der Waals surface area (Å²) in [6.45, 7) is 6.75. The Kier molecular flexibility index (Phi) is 7.44. The Bertz CT molecular complexity index is 997. The zero-order chi connectivity index (χ0) is 22.2. The van der Waals surface area contributed by atoms with Crippen LogP contribution in [0.4, 0.5) is 5.69 Å². The fourth-order valence-corrected chi connectivity index (χ4v) is 2.98. The number of hydrogen-bond acceptors (Lipinski definition) is 3. The summed E-state index contributed by atoms with van der Waals surface area (Å²) in [7, 11) is 0. The number of benzene rings is 3. The first-order valence-electron chi connectivity index (χ1n) is 10.4. The third-order valence-electron chi connectivity index (χ3n) is 4.75. The van der Waals surface area contributed by atoms with Crippen molar-refractivity contribution in [2.24, 2.45) is 5.92 Å². The molecule has 2 amide bonds. The fourth-order valence-electron chi connectivity index (χ4n) is 2.98. The summed E-state index contributed by atoms with van der Waals surface area (Å²) in [6.07, 6.45) is 0. The molecule has 2 N–H and O–H groups in total. The molecule has 0 bridgehead atoms. The van der Waals surface area contributed by atoms with Crippen LogP contribution in [0.25, 0.3) is 0 Å². The van der Waals surface area contributed by atoms with Crippen LogP contribution in [0.2, 0.25) is 0 Å². The van der Waals surface area contributed by atoms with E-state index in [2.05, 4.69) is 24.5 Å². The second-order valence-electron chi connectivity index (χ2n) is 7.87. The standard InChI is InChI=1S/C26H28N2O3/c1-18(2)17-31-24-15-11-22(12-16-24)26(30)28-23-13-9-21(10-14-23)25(29)27-19(3)20-7-5-4-6-8-20/h4-16,18-19H,17H2,1-3H3,(H,27,29)(H,28,30). The smallest absolute Gasteiger partial charge is 0.255 e. The van der Waals surface area contributed by atoms with Gasteiger partial charge in [0.1, 0.15) is 5.75 Å². The molecule has 0 aliphatic rings. The summed E-state index contributed by atoms with van der Waals surface area (Å²) in [4.78, 5) is 25.0. The first-order chi connectivity index (χ1) is 14.9. The van der Waals surface area contributed by atoms with Crippen molar-refractivity contribution >= 4 is 17.5 Å². The van der Waals surface area contributed by atoms with Crippen LogP contribution < -0.4 is 15.4 Å². The molecule has 31 heavy (non-hydrogen) atoms. The molecular weight excluding hydrogens is 388 g/mol. The molecule has 1 atom stereocenters. The first-order valence-corrected chi connectivity index (χ1v) is 10.4. The number of amides is 2. The van der Waals surface area contributed by atoms with E-state index in [1.54, 1.807) is 48.5 Å². The number of nitrogens with one attached hydrogen (secondary N) is 2. The Hall–Kier alpha value is -3.60. The summed E-state index contributed by atoms with van der Waals surface area (Å²) in [5.74, 6) is 0.802. The van der Waals surface area contributed by atoms with Crippen LogP contribution in [0.5, 0.6) is 5.75 Å². The molecule has 0 aromatic heterocycles. The van der Waals surface area contributed by atoms with Gasteiger partial charge in [-0.2, -0.15) is 0 Å². The van der Waals surface area contributed by atoms with Crippen LogP contribution in [-0.4, -0.2) is 18.4 Å². The minimum Gasteiger partial charge on any atom is -0.493 e. The maximum atomic E-state index is 12.5. The van der Waals surface area contributed by atoms with Gasteiger partial charge in [-0.25, -0.2) is 0 Å². The Labute approximate surface area is 183 Å². The molecule has 0 fully saturated rings. The third kappa shape index (κ3) is 6.44. The van der Waals surface area contributed by atoms with Crippen molar-refractivity contribution in [3.63, 3.8) is 0 Å². The second kappa shape index (κ2) is 10.4. The zero-order valence-corrected chi connectivity index (χ0v) is 18.1. The minimum absolute atomic E-state index is 0.0967. The Morgan fingerprint density at radius 3 is 1.97 bits per heavy atom. The predicted molar refractivity (Wildman–Crippen MR) is 123 cm³/mol. The molecule has 0 saturated carbocycles. The Morgan fingerprint density at radius 2 is 1.35 bits per heavy atom. The summed E-state index contributed by atoms with van der Waals surface area (Å²) in [5, 5.41) is 5.83. The van der Waals surface area contributed by atoms with Gasteiger partial charge in [0, 0.05) is 16.8 Å².